The molecule has 1 N–H and O–H groups in total. The van der Waals surface area contributed by atoms with Crippen LogP contribution in [0.5, 0.6) is 5.75 Å². The molecule has 0 aliphatic carbocycles. The molecule has 2 aromatic rings. The van der Waals surface area contributed by atoms with Crippen LogP contribution in [0.4, 0.5) is 14.9 Å². The van der Waals surface area contributed by atoms with Gasteiger partial charge in [-0.15, -0.1) is 0 Å². The molecule has 0 saturated heterocycles. The molecule has 0 atom stereocenters. The molecule has 23 heavy (non-hydrogen) atoms. The molecule has 0 unspecified atom stereocenters. The molecule has 0 radical (unpaired) electrons. The van der Waals surface area contributed by atoms with Crippen LogP contribution in [0.2, 0.25) is 0 Å². The zero-order valence-corrected chi connectivity index (χ0v) is 13.7. The number of benzene rings is 2. The average molecular weight is 382 g/mol. The number of carbonyl (C=O) groups excluding carboxylic acids is 2. The highest BCUT2D eigenvalue weighted by Crippen LogP contribution is 2.20. The second kappa shape index (κ2) is 7.73. The zero-order chi connectivity index (χ0) is 16.8. The number of anilines is 1. The first-order valence-corrected chi connectivity index (χ1v) is 7.50. The Bertz CT molecular complexity index is 719. The number of ether oxygens (including phenoxy) is 2. The van der Waals surface area contributed by atoms with E-state index in [0.717, 1.165) is 6.07 Å². The van der Waals surface area contributed by atoms with Gasteiger partial charge in [0.25, 0.3) is 0 Å². The molecule has 0 bridgehead atoms. The summed E-state index contributed by atoms with van der Waals surface area (Å²) in [5, 5.41) is 2.51. The van der Waals surface area contributed by atoms with Crippen molar-refractivity contribution in [3.8, 4) is 5.75 Å². The van der Waals surface area contributed by atoms with Crippen molar-refractivity contribution >= 4 is 33.7 Å². The zero-order valence-electron chi connectivity index (χ0n) is 12.1. The molecule has 5 nitrogen and oxygen atoms in total. The number of halogens is 2. The van der Waals surface area contributed by atoms with Crippen LogP contribution >= 0.6 is 15.9 Å². The van der Waals surface area contributed by atoms with Crippen molar-refractivity contribution < 1.29 is 23.5 Å². The third-order valence-corrected chi connectivity index (χ3v) is 3.39. The van der Waals surface area contributed by atoms with Crippen LogP contribution in [0.15, 0.2) is 46.9 Å². The van der Waals surface area contributed by atoms with Gasteiger partial charge in [-0.25, -0.2) is 14.0 Å². The van der Waals surface area contributed by atoms with E-state index < -0.39 is 17.9 Å². The molecule has 0 aliphatic heterocycles. The standard InChI is InChI=1S/C16H13BrFNO4/c1-2-22-16(21)19-11-4-6-12(7-5-11)23-15(20)10-3-8-13(17)14(18)9-10/h3-9H,2H2,1H3,(H,19,21). The largest absolute Gasteiger partial charge is 0.450 e. The van der Waals surface area contributed by atoms with E-state index in [-0.39, 0.29) is 22.4 Å². The van der Waals surface area contributed by atoms with Crippen molar-refractivity contribution in [1.82, 2.24) is 0 Å². The highest BCUT2D eigenvalue weighted by Gasteiger charge is 2.11. The number of nitrogens with one attached hydrogen (secondary N) is 1. The molecular weight excluding hydrogens is 369 g/mol. The topological polar surface area (TPSA) is 64.6 Å². The van der Waals surface area contributed by atoms with Crippen LogP contribution in [0.3, 0.4) is 0 Å². The molecule has 2 aromatic carbocycles. The second-order valence-corrected chi connectivity index (χ2v) is 5.24. The maximum atomic E-state index is 13.4. The summed E-state index contributed by atoms with van der Waals surface area (Å²) in [4.78, 5) is 23.2. The summed E-state index contributed by atoms with van der Waals surface area (Å²) in [6.45, 7) is 1.97. The molecule has 0 aliphatic rings. The maximum Gasteiger partial charge on any atom is 0.411 e. The van der Waals surface area contributed by atoms with Crippen LogP contribution in [-0.2, 0) is 4.74 Å². The summed E-state index contributed by atoms with van der Waals surface area (Å²) >= 11 is 3.01. The van der Waals surface area contributed by atoms with Gasteiger partial charge in [0.05, 0.1) is 16.6 Å². The Hall–Kier alpha value is -2.41. The van der Waals surface area contributed by atoms with E-state index >= 15 is 0 Å². The quantitative estimate of drug-likeness (QED) is 0.630. The van der Waals surface area contributed by atoms with E-state index in [1.165, 1.54) is 24.3 Å². The lowest BCUT2D eigenvalue weighted by atomic mass is 10.2. The molecular formula is C16H13BrFNO4. The van der Waals surface area contributed by atoms with E-state index in [1.807, 2.05) is 0 Å². The van der Waals surface area contributed by atoms with Crippen molar-refractivity contribution in [3.05, 3.63) is 58.3 Å². The highest BCUT2D eigenvalue weighted by atomic mass is 79.9. The summed E-state index contributed by atoms with van der Waals surface area (Å²) in [5.74, 6) is -0.955. The summed E-state index contributed by atoms with van der Waals surface area (Å²) < 4.78 is 23.6. The van der Waals surface area contributed by atoms with Crippen LogP contribution < -0.4 is 10.1 Å². The number of hydrogen-bond acceptors (Lipinski definition) is 4. The summed E-state index contributed by atoms with van der Waals surface area (Å²) in [6.07, 6.45) is -0.567. The number of rotatable bonds is 4. The molecule has 0 aromatic heterocycles. The number of hydrogen-bond donors (Lipinski definition) is 1. The molecule has 7 heteroatoms. The van der Waals surface area contributed by atoms with Crippen LogP contribution in [0.1, 0.15) is 17.3 Å². The second-order valence-electron chi connectivity index (χ2n) is 4.39. The van der Waals surface area contributed by atoms with E-state index in [4.69, 9.17) is 9.47 Å². The van der Waals surface area contributed by atoms with Gasteiger partial charge < -0.3 is 9.47 Å². The van der Waals surface area contributed by atoms with Gasteiger partial charge in [-0.05, 0) is 65.3 Å². The van der Waals surface area contributed by atoms with Crippen molar-refractivity contribution in [2.24, 2.45) is 0 Å². The maximum absolute atomic E-state index is 13.4. The first kappa shape index (κ1) is 17.0. The molecule has 1 amide bonds. The van der Waals surface area contributed by atoms with Crippen molar-refractivity contribution in [3.63, 3.8) is 0 Å². The lowest BCUT2D eigenvalue weighted by Crippen LogP contribution is -2.13. The number of amides is 1. The Morgan fingerprint density at radius 1 is 1.17 bits per heavy atom. The fourth-order valence-corrected chi connectivity index (χ4v) is 1.93. The van der Waals surface area contributed by atoms with E-state index in [1.54, 1.807) is 19.1 Å². The summed E-state index contributed by atoms with van der Waals surface area (Å²) in [5.41, 5.74) is 0.595. The third kappa shape index (κ3) is 4.79. The van der Waals surface area contributed by atoms with Crippen LogP contribution in [-0.4, -0.2) is 18.7 Å². The van der Waals surface area contributed by atoms with Crippen molar-refractivity contribution in [2.75, 3.05) is 11.9 Å². The van der Waals surface area contributed by atoms with Crippen LogP contribution in [0, 0.1) is 5.82 Å². The Morgan fingerprint density at radius 2 is 1.87 bits per heavy atom. The fraction of sp³-hybridized carbons (Fsp3) is 0.125. The Labute approximate surface area is 140 Å². The van der Waals surface area contributed by atoms with Gasteiger partial charge in [0.2, 0.25) is 0 Å². The fourth-order valence-electron chi connectivity index (χ4n) is 1.68. The van der Waals surface area contributed by atoms with Gasteiger partial charge in [-0.3, -0.25) is 5.32 Å². The third-order valence-electron chi connectivity index (χ3n) is 2.74. The molecule has 2 rings (SSSR count). The van der Waals surface area contributed by atoms with E-state index in [2.05, 4.69) is 21.2 Å². The minimum atomic E-state index is -0.678. The predicted octanol–water partition coefficient (Wildman–Crippen LogP) is 4.38. The number of carbonyl (C=O) groups is 2. The first-order chi connectivity index (χ1) is 11.0. The molecule has 0 spiro atoms. The van der Waals surface area contributed by atoms with Gasteiger partial charge in [-0.1, -0.05) is 0 Å². The SMILES string of the molecule is CCOC(=O)Nc1ccc(OC(=O)c2ccc(Br)c(F)c2)cc1. The normalized spacial score (nSPS) is 10.0. The van der Waals surface area contributed by atoms with Gasteiger partial charge in [-0.2, -0.15) is 0 Å². The smallest absolute Gasteiger partial charge is 0.411 e. The lowest BCUT2D eigenvalue weighted by Gasteiger charge is -2.07. The monoisotopic (exact) mass is 381 g/mol. The highest BCUT2D eigenvalue weighted by molar-refractivity contribution is 9.10. The minimum Gasteiger partial charge on any atom is -0.450 e. The lowest BCUT2D eigenvalue weighted by molar-refractivity contribution is 0.0734. The molecule has 120 valence electrons. The van der Waals surface area contributed by atoms with Gasteiger partial charge in [0.15, 0.2) is 0 Å². The molecule has 0 fully saturated rings. The first-order valence-electron chi connectivity index (χ1n) is 6.70. The van der Waals surface area contributed by atoms with Gasteiger partial charge in [0.1, 0.15) is 11.6 Å². The summed E-state index contributed by atoms with van der Waals surface area (Å²) in [7, 11) is 0. The Morgan fingerprint density at radius 3 is 2.48 bits per heavy atom. The van der Waals surface area contributed by atoms with E-state index in [9.17, 15) is 14.0 Å². The van der Waals surface area contributed by atoms with Crippen LogP contribution in [0.25, 0.3) is 0 Å². The van der Waals surface area contributed by atoms with Crippen molar-refractivity contribution in [2.45, 2.75) is 6.92 Å². The number of esters is 1. The minimum absolute atomic E-state index is 0.0967. The van der Waals surface area contributed by atoms with E-state index in [0.29, 0.717) is 5.69 Å². The molecule has 0 saturated carbocycles. The summed E-state index contributed by atoms with van der Waals surface area (Å²) in [6, 6.07) is 10.1. The Kier molecular flexibility index (Phi) is 5.70. The van der Waals surface area contributed by atoms with Gasteiger partial charge >= 0.3 is 12.1 Å². The average Bonchev–Trinajstić information content (AvgIpc) is 2.52. The van der Waals surface area contributed by atoms with Crippen molar-refractivity contribution in [1.29, 1.82) is 0 Å². The van der Waals surface area contributed by atoms with Gasteiger partial charge in [0, 0.05) is 5.69 Å². The Balaban J connectivity index is 2.01. The predicted molar refractivity (Wildman–Crippen MR) is 86.1 cm³/mol. The molecule has 0 heterocycles.